The third-order valence-corrected chi connectivity index (χ3v) is 4.28. The van der Waals surface area contributed by atoms with Gasteiger partial charge in [0.05, 0.1) is 10.8 Å². The van der Waals surface area contributed by atoms with E-state index in [9.17, 15) is 4.21 Å². The van der Waals surface area contributed by atoms with Gasteiger partial charge >= 0.3 is 0 Å². The highest BCUT2D eigenvalue weighted by Gasteiger charge is 2.10. The number of hydrogen-bond donors (Lipinski definition) is 1. The van der Waals surface area contributed by atoms with Crippen LogP contribution in [0.1, 0.15) is 30.9 Å². The van der Waals surface area contributed by atoms with Gasteiger partial charge in [-0.1, -0.05) is 19.4 Å². The summed E-state index contributed by atoms with van der Waals surface area (Å²) in [6, 6.07) is 6.02. The smallest absolute Gasteiger partial charge is 0.0545 e. The third-order valence-electron chi connectivity index (χ3n) is 2.77. The number of nitrogens with two attached hydrogens (primary N) is 1. The van der Waals surface area contributed by atoms with Gasteiger partial charge in [0.2, 0.25) is 0 Å². The lowest BCUT2D eigenvalue weighted by Gasteiger charge is -2.10. The summed E-state index contributed by atoms with van der Waals surface area (Å²) in [7, 11) is -0.959. The minimum Gasteiger partial charge on any atom is -0.327 e. The predicted molar refractivity (Wildman–Crippen MR) is 70.1 cm³/mol. The average molecular weight is 239 g/mol. The summed E-state index contributed by atoms with van der Waals surface area (Å²) in [5.41, 5.74) is 8.32. The molecule has 1 rings (SSSR count). The third kappa shape index (κ3) is 3.72. The second-order valence-corrected chi connectivity index (χ2v) is 5.80. The van der Waals surface area contributed by atoms with Crippen LogP contribution in [-0.2, 0) is 10.8 Å². The van der Waals surface area contributed by atoms with Crippen LogP contribution in [0.4, 0.5) is 0 Å². The first-order valence-corrected chi connectivity index (χ1v) is 7.07. The van der Waals surface area contributed by atoms with Crippen LogP contribution in [0.25, 0.3) is 0 Å². The normalized spacial score (nSPS) is 14.8. The molecular formula is C13H21NOS. The van der Waals surface area contributed by atoms with Crippen LogP contribution in [0.2, 0.25) is 0 Å². The van der Waals surface area contributed by atoms with E-state index in [1.165, 1.54) is 11.1 Å². The molecule has 0 aliphatic heterocycles. The monoisotopic (exact) mass is 239 g/mol. The van der Waals surface area contributed by atoms with Crippen LogP contribution in [0.3, 0.4) is 0 Å². The first kappa shape index (κ1) is 13.4. The van der Waals surface area contributed by atoms with E-state index < -0.39 is 10.8 Å². The Balaban J connectivity index is 2.69. The second kappa shape index (κ2) is 6.16. The van der Waals surface area contributed by atoms with Crippen LogP contribution in [0, 0.1) is 13.8 Å². The van der Waals surface area contributed by atoms with Crippen molar-refractivity contribution in [3.63, 3.8) is 0 Å². The zero-order chi connectivity index (χ0) is 12.1. The lowest BCUT2D eigenvalue weighted by atomic mass is 10.1. The molecular weight excluding hydrogens is 218 g/mol. The summed E-state index contributed by atoms with van der Waals surface area (Å²) in [4.78, 5) is 0.898. The molecule has 0 saturated heterocycles. The minimum atomic E-state index is -0.959. The molecule has 0 aliphatic carbocycles. The van der Waals surface area contributed by atoms with Gasteiger partial charge < -0.3 is 5.73 Å². The molecule has 0 heterocycles. The van der Waals surface area contributed by atoms with Crippen LogP contribution in [-0.4, -0.2) is 16.0 Å². The molecule has 0 spiro atoms. The van der Waals surface area contributed by atoms with Gasteiger partial charge in [0.15, 0.2) is 0 Å². The van der Waals surface area contributed by atoms with Crippen molar-refractivity contribution in [2.45, 2.75) is 44.6 Å². The maximum Gasteiger partial charge on any atom is 0.0545 e. The van der Waals surface area contributed by atoms with E-state index in [4.69, 9.17) is 5.73 Å². The first-order chi connectivity index (χ1) is 7.54. The fourth-order valence-corrected chi connectivity index (χ4v) is 2.88. The van der Waals surface area contributed by atoms with Gasteiger partial charge in [-0.05, 0) is 43.5 Å². The molecule has 2 atom stereocenters. The molecule has 0 aromatic heterocycles. The highest BCUT2D eigenvalue weighted by molar-refractivity contribution is 7.85. The Morgan fingerprint density at radius 1 is 1.31 bits per heavy atom. The van der Waals surface area contributed by atoms with Crippen LogP contribution >= 0.6 is 0 Å². The molecule has 90 valence electrons. The molecule has 0 bridgehead atoms. The van der Waals surface area contributed by atoms with E-state index in [-0.39, 0.29) is 6.04 Å². The van der Waals surface area contributed by atoms with Crippen LogP contribution < -0.4 is 5.73 Å². The van der Waals surface area contributed by atoms with Crippen molar-refractivity contribution in [2.75, 3.05) is 5.75 Å². The highest BCUT2D eigenvalue weighted by atomic mass is 32.2. The Labute approximate surface area is 101 Å². The Morgan fingerprint density at radius 2 is 2.00 bits per heavy atom. The molecule has 0 amide bonds. The van der Waals surface area contributed by atoms with Gasteiger partial charge in [-0.3, -0.25) is 4.21 Å². The van der Waals surface area contributed by atoms with Gasteiger partial charge in [0.25, 0.3) is 0 Å². The van der Waals surface area contributed by atoms with Crippen molar-refractivity contribution < 1.29 is 4.21 Å². The zero-order valence-corrected chi connectivity index (χ0v) is 11.1. The predicted octanol–water partition coefficient (Wildman–Crippen LogP) is 2.54. The standard InChI is InChI=1S/C13H21NOS/c1-4-5-12(14)9-16(15)13-7-6-10(2)11(3)8-13/h6-8,12H,4-5,9,14H2,1-3H3. The summed E-state index contributed by atoms with van der Waals surface area (Å²) in [6.45, 7) is 6.20. The topological polar surface area (TPSA) is 43.1 Å². The average Bonchev–Trinajstić information content (AvgIpc) is 2.22. The Kier molecular flexibility index (Phi) is 5.16. The van der Waals surface area contributed by atoms with Gasteiger partial charge in [-0.2, -0.15) is 0 Å². The molecule has 16 heavy (non-hydrogen) atoms. The second-order valence-electron chi connectivity index (χ2n) is 4.31. The number of aryl methyl sites for hydroxylation is 2. The number of rotatable bonds is 5. The lowest BCUT2D eigenvalue weighted by Crippen LogP contribution is -2.26. The molecule has 3 heteroatoms. The molecule has 0 radical (unpaired) electrons. The van der Waals surface area contributed by atoms with Gasteiger partial charge in [0, 0.05) is 16.7 Å². The largest absolute Gasteiger partial charge is 0.327 e. The fraction of sp³-hybridized carbons (Fsp3) is 0.538. The number of hydrogen-bond acceptors (Lipinski definition) is 2. The fourth-order valence-electron chi connectivity index (χ4n) is 1.60. The van der Waals surface area contributed by atoms with E-state index >= 15 is 0 Å². The Morgan fingerprint density at radius 3 is 2.56 bits per heavy atom. The van der Waals surface area contributed by atoms with Crippen molar-refractivity contribution in [1.82, 2.24) is 0 Å². The van der Waals surface area contributed by atoms with Crippen molar-refractivity contribution >= 4 is 10.8 Å². The maximum atomic E-state index is 12.0. The quantitative estimate of drug-likeness (QED) is 0.858. The van der Waals surface area contributed by atoms with E-state index in [2.05, 4.69) is 13.8 Å². The molecule has 2 unspecified atom stereocenters. The van der Waals surface area contributed by atoms with Crippen molar-refractivity contribution in [2.24, 2.45) is 5.73 Å². The molecule has 1 aromatic rings. The van der Waals surface area contributed by atoms with Crippen molar-refractivity contribution in [1.29, 1.82) is 0 Å². The summed E-state index contributed by atoms with van der Waals surface area (Å²) >= 11 is 0. The minimum absolute atomic E-state index is 0.0486. The summed E-state index contributed by atoms with van der Waals surface area (Å²) in [6.07, 6.45) is 1.99. The molecule has 1 aromatic carbocycles. The van der Waals surface area contributed by atoms with Gasteiger partial charge in [-0.15, -0.1) is 0 Å². The molecule has 0 saturated carbocycles. The Hall–Kier alpha value is -0.670. The SMILES string of the molecule is CCCC(N)CS(=O)c1ccc(C)c(C)c1. The van der Waals surface area contributed by atoms with Crippen LogP contribution in [0.5, 0.6) is 0 Å². The summed E-state index contributed by atoms with van der Waals surface area (Å²) < 4.78 is 12.0. The summed E-state index contributed by atoms with van der Waals surface area (Å²) in [5.74, 6) is 0.566. The van der Waals surface area contributed by atoms with E-state index in [1.54, 1.807) is 0 Å². The van der Waals surface area contributed by atoms with E-state index in [1.807, 2.05) is 25.1 Å². The molecule has 0 aliphatic rings. The van der Waals surface area contributed by atoms with Crippen LogP contribution in [0.15, 0.2) is 23.1 Å². The molecule has 2 nitrogen and oxygen atoms in total. The number of benzene rings is 1. The lowest BCUT2D eigenvalue weighted by molar-refractivity contribution is 0.638. The molecule has 2 N–H and O–H groups in total. The summed E-state index contributed by atoms with van der Waals surface area (Å²) in [5, 5.41) is 0. The van der Waals surface area contributed by atoms with Gasteiger partial charge in [0.1, 0.15) is 0 Å². The van der Waals surface area contributed by atoms with Crippen molar-refractivity contribution in [3.05, 3.63) is 29.3 Å². The zero-order valence-electron chi connectivity index (χ0n) is 10.3. The van der Waals surface area contributed by atoms with Gasteiger partial charge in [-0.25, -0.2) is 0 Å². The van der Waals surface area contributed by atoms with E-state index in [0.29, 0.717) is 5.75 Å². The van der Waals surface area contributed by atoms with Crippen molar-refractivity contribution in [3.8, 4) is 0 Å². The Bertz CT molecular complexity index is 376. The highest BCUT2D eigenvalue weighted by Crippen LogP contribution is 2.14. The molecule has 0 fully saturated rings. The first-order valence-electron chi connectivity index (χ1n) is 5.75. The van der Waals surface area contributed by atoms with E-state index in [0.717, 1.165) is 17.7 Å². The maximum absolute atomic E-state index is 12.0.